The molecule has 0 bridgehead atoms. The molecule has 0 atom stereocenters. The lowest BCUT2D eigenvalue weighted by Gasteiger charge is -2.10. The van der Waals surface area contributed by atoms with E-state index in [1.54, 1.807) is 41.5 Å². The van der Waals surface area contributed by atoms with E-state index < -0.39 is 20.7 Å². The Kier molecular flexibility index (Phi) is 4.92. The first-order valence-electron chi connectivity index (χ1n) is 8.37. The largest absolute Gasteiger partial charge is 0.439 e. The molecule has 29 heavy (non-hydrogen) atoms. The van der Waals surface area contributed by atoms with Gasteiger partial charge in [-0.2, -0.15) is 0 Å². The first kappa shape index (κ1) is 18.6. The van der Waals surface area contributed by atoms with Crippen molar-refractivity contribution < 1.29 is 17.5 Å². The van der Waals surface area contributed by atoms with Gasteiger partial charge in [0.2, 0.25) is 5.88 Å². The third-order valence-electron chi connectivity index (χ3n) is 3.85. The molecule has 10 heteroatoms. The molecule has 0 radical (unpaired) electrons. The smallest absolute Gasteiger partial charge is 0.264 e. The standard InChI is InChI=1S/C19H14FN5O3S/c20-16-3-1-2-4-17(16)29(26,27)24-14-5-7-15(8-6-14)28-19-11-18(22-12-23-19)25-10-9-21-13-25/h1-13,24H. The lowest BCUT2D eigenvalue weighted by Crippen LogP contribution is -2.14. The van der Waals surface area contributed by atoms with Gasteiger partial charge in [0.25, 0.3) is 10.0 Å². The molecule has 8 nitrogen and oxygen atoms in total. The van der Waals surface area contributed by atoms with E-state index in [1.165, 1.54) is 36.7 Å². The minimum Gasteiger partial charge on any atom is -0.439 e. The van der Waals surface area contributed by atoms with Crippen molar-refractivity contribution >= 4 is 15.7 Å². The van der Waals surface area contributed by atoms with E-state index in [9.17, 15) is 12.8 Å². The van der Waals surface area contributed by atoms with Crippen molar-refractivity contribution in [2.75, 3.05) is 4.72 Å². The molecular formula is C19H14FN5O3S. The Bertz CT molecular complexity index is 1230. The van der Waals surface area contributed by atoms with Gasteiger partial charge in [-0.1, -0.05) is 12.1 Å². The molecule has 0 saturated carbocycles. The summed E-state index contributed by atoms with van der Waals surface area (Å²) < 4.78 is 48.2. The summed E-state index contributed by atoms with van der Waals surface area (Å²) in [5.74, 6) is 0.511. The molecule has 0 aliphatic carbocycles. The number of imidazole rings is 1. The zero-order chi connectivity index (χ0) is 20.3. The van der Waals surface area contributed by atoms with Gasteiger partial charge in [0.15, 0.2) is 0 Å². The third kappa shape index (κ3) is 4.22. The molecule has 2 aromatic heterocycles. The molecule has 0 fully saturated rings. The van der Waals surface area contributed by atoms with Gasteiger partial charge in [0, 0.05) is 24.1 Å². The van der Waals surface area contributed by atoms with Crippen molar-refractivity contribution in [3.8, 4) is 17.4 Å². The van der Waals surface area contributed by atoms with Crippen LogP contribution in [0, 0.1) is 5.82 Å². The quantitative estimate of drug-likeness (QED) is 0.522. The maximum absolute atomic E-state index is 13.8. The molecule has 1 N–H and O–H groups in total. The number of benzene rings is 2. The van der Waals surface area contributed by atoms with Crippen LogP contribution in [0.5, 0.6) is 11.6 Å². The van der Waals surface area contributed by atoms with Crippen molar-refractivity contribution in [3.63, 3.8) is 0 Å². The Morgan fingerprint density at radius 1 is 1.03 bits per heavy atom. The van der Waals surface area contributed by atoms with Crippen LogP contribution in [0.4, 0.5) is 10.1 Å². The Hall–Kier alpha value is -3.79. The summed E-state index contributed by atoms with van der Waals surface area (Å²) in [6.45, 7) is 0. The fraction of sp³-hybridized carbons (Fsp3) is 0. The van der Waals surface area contributed by atoms with Crippen LogP contribution in [-0.4, -0.2) is 27.9 Å². The van der Waals surface area contributed by atoms with Gasteiger partial charge in [-0.25, -0.2) is 27.8 Å². The van der Waals surface area contributed by atoms with Gasteiger partial charge >= 0.3 is 0 Å². The van der Waals surface area contributed by atoms with Gasteiger partial charge in [-0.15, -0.1) is 0 Å². The minimum atomic E-state index is -4.04. The Labute approximate surface area is 165 Å². The van der Waals surface area contributed by atoms with Gasteiger partial charge in [-0.05, 0) is 36.4 Å². The zero-order valence-corrected chi connectivity index (χ0v) is 15.6. The first-order valence-corrected chi connectivity index (χ1v) is 9.85. The lowest BCUT2D eigenvalue weighted by molar-refractivity contribution is 0.461. The molecule has 0 unspecified atom stereocenters. The molecule has 146 valence electrons. The van der Waals surface area contributed by atoms with Crippen LogP contribution in [0.15, 0.2) is 84.5 Å². The molecule has 0 aliphatic rings. The average Bonchev–Trinajstić information content (AvgIpc) is 3.25. The summed E-state index contributed by atoms with van der Waals surface area (Å²) in [4.78, 5) is 11.7. The number of aromatic nitrogens is 4. The molecule has 0 amide bonds. The normalized spacial score (nSPS) is 11.2. The number of halogens is 1. The summed E-state index contributed by atoms with van der Waals surface area (Å²) in [6, 6.07) is 12.9. The van der Waals surface area contributed by atoms with E-state index in [2.05, 4.69) is 19.7 Å². The molecule has 4 rings (SSSR count). The van der Waals surface area contributed by atoms with Crippen LogP contribution in [0.3, 0.4) is 0 Å². The topological polar surface area (TPSA) is 99.0 Å². The summed E-state index contributed by atoms with van der Waals surface area (Å²) in [7, 11) is -4.04. The molecule has 0 saturated heterocycles. The second kappa shape index (κ2) is 7.68. The van der Waals surface area contributed by atoms with Crippen LogP contribution in [-0.2, 0) is 10.0 Å². The predicted molar refractivity (Wildman–Crippen MR) is 103 cm³/mol. The van der Waals surface area contributed by atoms with Gasteiger partial charge in [0.1, 0.15) is 34.9 Å². The van der Waals surface area contributed by atoms with Crippen molar-refractivity contribution in [1.82, 2.24) is 19.5 Å². The lowest BCUT2D eigenvalue weighted by atomic mass is 10.3. The average molecular weight is 411 g/mol. The second-order valence-corrected chi connectivity index (χ2v) is 7.50. The highest BCUT2D eigenvalue weighted by Gasteiger charge is 2.18. The Morgan fingerprint density at radius 3 is 2.55 bits per heavy atom. The molecule has 2 aromatic carbocycles. The fourth-order valence-electron chi connectivity index (χ4n) is 2.51. The molecule has 2 heterocycles. The number of ether oxygens (including phenoxy) is 1. The van der Waals surface area contributed by atoms with Crippen LogP contribution in [0.2, 0.25) is 0 Å². The van der Waals surface area contributed by atoms with E-state index in [4.69, 9.17) is 4.74 Å². The highest BCUT2D eigenvalue weighted by molar-refractivity contribution is 7.92. The van der Waals surface area contributed by atoms with Crippen LogP contribution >= 0.6 is 0 Å². The monoisotopic (exact) mass is 411 g/mol. The van der Waals surface area contributed by atoms with Crippen molar-refractivity contribution in [1.29, 1.82) is 0 Å². The number of hydrogen-bond donors (Lipinski definition) is 1. The van der Waals surface area contributed by atoms with Crippen molar-refractivity contribution in [2.24, 2.45) is 0 Å². The predicted octanol–water partition coefficient (Wildman–Crippen LogP) is 3.39. The number of hydrogen-bond acceptors (Lipinski definition) is 6. The highest BCUT2D eigenvalue weighted by Crippen LogP contribution is 2.24. The van der Waals surface area contributed by atoms with Gasteiger partial charge in [0.05, 0.1) is 0 Å². The highest BCUT2D eigenvalue weighted by atomic mass is 32.2. The Morgan fingerprint density at radius 2 is 1.83 bits per heavy atom. The van der Waals surface area contributed by atoms with Crippen LogP contribution < -0.4 is 9.46 Å². The number of sulfonamides is 1. The van der Waals surface area contributed by atoms with E-state index in [0.29, 0.717) is 17.4 Å². The van der Waals surface area contributed by atoms with E-state index in [-0.39, 0.29) is 5.69 Å². The number of rotatable bonds is 6. The van der Waals surface area contributed by atoms with Crippen molar-refractivity contribution in [2.45, 2.75) is 4.90 Å². The third-order valence-corrected chi connectivity index (χ3v) is 5.27. The van der Waals surface area contributed by atoms with E-state index in [0.717, 1.165) is 6.07 Å². The maximum Gasteiger partial charge on any atom is 0.264 e. The summed E-state index contributed by atoms with van der Waals surface area (Å²) in [6.07, 6.45) is 6.33. The van der Waals surface area contributed by atoms with E-state index >= 15 is 0 Å². The molecule has 4 aromatic rings. The molecule has 0 aliphatic heterocycles. The number of nitrogens with one attached hydrogen (secondary N) is 1. The molecule has 0 spiro atoms. The van der Waals surface area contributed by atoms with Crippen molar-refractivity contribution in [3.05, 3.63) is 85.5 Å². The first-order chi connectivity index (χ1) is 14.0. The second-order valence-electron chi connectivity index (χ2n) is 5.85. The zero-order valence-electron chi connectivity index (χ0n) is 14.8. The number of nitrogens with zero attached hydrogens (tertiary/aromatic N) is 4. The SMILES string of the molecule is O=S(=O)(Nc1ccc(Oc2cc(-n3ccnc3)ncn2)cc1)c1ccccc1F. The minimum absolute atomic E-state index is 0.266. The fourth-order valence-corrected chi connectivity index (χ4v) is 3.64. The van der Waals surface area contributed by atoms with Crippen LogP contribution in [0.25, 0.3) is 5.82 Å². The summed E-state index contributed by atoms with van der Waals surface area (Å²) in [5.41, 5.74) is 0.266. The number of anilines is 1. The molecular weight excluding hydrogens is 397 g/mol. The van der Waals surface area contributed by atoms with Gasteiger partial charge in [-0.3, -0.25) is 9.29 Å². The summed E-state index contributed by atoms with van der Waals surface area (Å²) in [5, 5.41) is 0. The summed E-state index contributed by atoms with van der Waals surface area (Å²) >= 11 is 0. The van der Waals surface area contributed by atoms with Crippen LogP contribution in [0.1, 0.15) is 0 Å². The Balaban J connectivity index is 1.49. The van der Waals surface area contributed by atoms with Gasteiger partial charge < -0.3 is 4.74 Å². The maximum atomic E-state index is 13.8. The van der Waals surface area contributed by atoms with E-state index in [1.807, 2.05) is 0 Å².